The number of carboxylic acids is 1. The number of rotatable bonds is 12. The molecule has 0 saturated heterocycles. The van der Waals surface area contributed by atoms with Crippen LogP contribution in [0.2, 0.25) is 0 Å². The number of benzene rings is 3. The van der Waals surface area contributed by atoms with E-state index in [1.807, 2.05) is 36.4 Å². The fraction of sp³-hybridized carbons (Fsp3) is 0.286. The smallest absolute Gasteiger partial charge is 0.305 e. The molecule has 3 aromatic rings. The van der Waals surface area contributed by atoms with Gasteiger partial charge in [0.15, 0.2) is 5.96 Å². The van der Waals surface area contributed by atoms with Crippen LogP contribution in [0.5, 0.6) is 0 Å². The Morgan fingerprint density at radius 3 is 2.30 bits per heavy atom. The Hall–Kier alpha value is -4.40. The predicted molar refractivity (Wildman–Crippen MR) is 145 cm³/mol. The van der Waals surface area contributed by atoms with Crippen molar-refractivity contribution in [2.45, 2.75) is 38.6 Å². The van der Waals surface area contributed by atoms with Crippen LogP contribution in [-0.2, 0) is 14.4 Å². The largest absolute Gasteiger partial charge is 0.481 e. The molecule has 3 aromatic carbocycles. The Morgan fingerprint density at radius 1 is 0.919 bits per heavy atom. The number of aliphatic imine (C=N–C) groups is 1. The standard InChI is InChI=1S/C28H33N5O4/c1-18-9-14-22(23-7-3-2-6-21(18)23)19-10-12-20(13-11-19)24(16-27(36)37)33-26(35)17-32-25(34)8-4-5-15-31-28(29)30/h2-3,6-7,9-14,24H,4-5,8,15-17H2,1H3,(H,32,34)(H,33,35)(H,36,37)(H4,29,30,31). The van der Waals surface area contributed by atoms with Crippen molar-refractivity contribution in [3.05, 3.63) is 71.8 Å². The van der Waals surface area contributed by atoms with Gasteiger partial charge >= 0.3 is 5.97 Å². The number of hydrogen-bond donors (Lipinski definition) is 5. The summed E-state index contributed by atoms with van der Waals surface area (Å²) in [5.74, 6) is -1.77. The molecular formula is C28H33N5O4. The van der Waals surface area contributed by atoms with Crippen LogP contribution in [0.15, 0.2) is 65.7 Å². The molecule has 0 aliphatic rings. The number of hydrogen-bond acceptors (Lipinski definition) is 4. The van der Waals surface area contributed by atoms with Gasteiger partial charge in [-0.3, -0.25) is 19.4 Å². The minimum Gasteiger partial charge on any atom is -0.481 e. The fourth-order valence-corrected chi connectivity index (χ4v) is 4.14. The highest BCUT2D eigenvalue weighted by Gasteiger charge is 2.19. The van der Waals surface area contributed by atoms with Crippen LogP contribution in [-0.4, -0.2) is 41.9 Å². The second kappa shape index (κ2) is 13.1. The molecule has 0 radical (unpaired) electrons. The van der Waals surface area contributed by atoms with Crippen molar-refractivity contribution in [1.29, 1.82) is 0 Å². The van der Waals surface area contributed by atoms with Gasteiger partial charge in [0.2, 0.25) is 11.8 Å². The second-order valence-electron chi connectivity index (χ2n) is 8.86. The number of aliphatic carboxylic acids is 1. The SMILES string of the molecule is Cc1ccc(-c2ccc(C(CC(=O)O)NC(=O)CNC(=O)CCCCN=C(N)N)cc2)c2ccccc12. The van der Waals surface area contributed by atoms with Crippen molar-refractivity contribution in [1.82, 2.24) is 10.6 Å². The van der Waals surface area contributed by atoms with Gasteiger partial charge in [0.1, 0.15) is 0 Å². The van der Waals surface area contributed by atoms with Crippen LogP contribution in [0, 0.1) is 6.92 Å². The van der Waals surface area contributed by atoms with E-state index in [9.17, 15) is 19.5 Å². The van der Waals surface area contributed by atoms with Gasteiger partial charge in [-0.2, -0.15) is 0 Å². The van der Waals surface area contributed by atoms with Crippen molar-refractivity contribution in [2.75, 3.05) is 13.1 Å². The van der Waals surface area contributed by atoms with Crippen molar-refractivity contribution < 1.29 is 19.5 Å². The summed E-state index contributed by atoms with van der Waals surface area (Å²) in [5.41, 5.74) is 14.4. The summed E-state index contributed by atoms with van der Waals surface area (Å²) >= 11 is 0. The Kier molecular flexibility index (Phi) is 9.60. The molecule has 0 fully saturated rings. The Balaban J connectivity index is 1.62. The summed E-state index contributed by atoms with van der Waals surface area (Å²) in [5, 5.41) is 17.0. The van der Waals surface area contributed by atoms with Crippen molar-refractivity contribution in [3.8, 4) is 11.1 Å². The first-order chi connectivity index (χ1) is 17.7. The molecule has 0 heterocycles. The average Bonchev–Trinajstić information content (AvgIpc) is 2.87. The van der Waals surface area contributed by atoms with Gasteiger partial charge in [-0.05, 0) is 52.8 Å². The summed E-state index contributed by atoms with van der Waals surface area (Å²) in [6.45, 7) is 2.27. The minimum absolute atomic E-state index is 0.00956. The normalized spacial score (nSPS) is 11.5. The zero-order chi connectivity index (χ0) is 26.8. The number of fused-ring (bicyclic) bond motifs is 1. The number of nitrogens with one attached hydrogen (secondary N) is 2. The van der Waals surface area contributed by atoms with Crippen LogP contribution < -0.4 is 22.1 Å². The van der Waals surface area contributed by atoms with E-state index in [4.69, 9.17) is 11.5 Å². The Bertz CT molecular complexity index is 1280. The van der Waals surface area contributed by atoms with E-state index in [0.29, 0.717) is 24.9 Å². The highest BCUT2D eigenvalue weighted by molar-refractivity contribution is 5.98. The van der Waals surface area contributed by atoms with E-state index >= 15 is 0 Å². The lowest BCUT2D eigenvalue weighted by molar-refractivity contribution is -0.138. The number of carbonyl (C=O) groups excluding carboxylic acids is 2. The number of guanidine groups is 1. The first kappa shape index (κ1) is 27.2. The molecule has 9 nitrogen and oxygen atoms in total. The number of amides is 2. The lowest BCUT2D eigenvalue weighted by Gasteiger charge is -2.18. The molecule has 7 N–H and O–H groups in total. The quantitative estimate of drug-likeness (QED) is 0.145. The molecule has 0 aliphatic carbocycles. The van der Waals surface area contributed by atoms with Crippen LogP contribution in [0.25, 0.3) is 21.9 Å². The molecule has 9 heteroatoms. The number of nitrogens with two attached hydrogens (primary N) is 2. The Labute approximate surface area is 216 Å². The third-order valence-electron chi connectivity index (χ3n) is 6.03. The van der Waals surface area contributed by atoms with Crippen LogP contribution in [0.4, 0.5) is 0 Å². The van der Waals surface area contributed by atoms with Gasteiger partial charge in [0, 0.05) is 13.0 Å². The van der Waals surface area contributed by atoms with Gasteiger partial charge in [-0.15, -0.1) is 0 Å². The lowest BCUT2D eigenvalue weighted by Crippen LogP contribution is -2.39. The molecule has 0 spiro atoms. The molecule has 0 saturated carbocycles. The predicted octanol–water partition coefficient (Wildman–Crippen LogP) is 3.01. The van der Waals surface area contributed by atoms with E-state index in [0.717, 1.165) is 16.5 Å². The third-order valence-corrected chi connectivity index (χ3v) is 6.03. The summed E-state index contributed by atoms with van der Waals surface area (Å²) in [4.78, 5) is 39.8. The lowest BCUT2D eigenvalue weighted by atomic mass is 9.94. The van der Waals surface area contributed by atoms with Gasteiger partial charge in [0.05, 0.1) is 19.0 Å². The monoisotopic (exact) mass is 503 g/mol. The van der Waals surface area contributed by atoms with Crippen LogP contribution >= 0.6 is 0 Å². The summed E-state index contributed by atoms with van der Waals surface area (Å²) in [7, 11) is 0. The van der Waals surface area contributed by atoms with E-state index in [-0.39, 0.29) is 31.3 Å². The van der Waals surface area contributed by atoms with Gasteiger partial charge in [-0.1, -0.05) is 60.7 Å². The van der Waals surface area contributed by atoms with Crippen molar-refractivity contribution in [2.24, 2.45) is 16.5 Å². The Morgan fingerprint density at radius 2 is 1.62 bits per heavy atom. The molecule has 1 atom stereocenters. The molecular weight excluding hydrogens is 470 g/mol. The minimum atomic E-state index is -1.04. The number of carboxylic acid groups (broad SMARTS) is 1. The molecule has 37 heavy (non-hydrogen) atoms. The van der Waals surface area contributed by atoms with Gasteiger partial charge in [-0.25, -0.2) is 0 Å². The van der Waals surface area contributed by atoms with E-state index in [1.54, 1.807) is 0 Å². The maximum atomic E-state index is 12.5. The van der Waals surface area contributed by atoms with Gasteiger partial charge in [0.25, 0.3) is 0 Å². The molecule has 0 aliphatic heterocycles. The molecule has 2 amide bonds. The fourth-order valence-electron chi connectivity index (χ4n) is 4.14. The number of nitrogens with zero attached hydrogens (tertiary/aromatic N) is 1. The molecule has 0 bridgehead atoms. The van der Waals surface area contributed by atoms with Gasteiger partial charge < -0.3 is 27.2 Å². The zero-order valence-corrected chi connectivity index (χ0v) is 20.9. The molecule has 194 valence electrons. The van der Waals surface area contributed by atoms with Crippen LogP contribution in [0.3, 0.4) is 0 Å². The maximum Gasteiger partial charge on any atom is 0.305 e. The first-order valence-corrected chi connectivity index (χ1v) is 12.2. The summed E-state index contributed by atoms with van der Waals surface area (Å²) < 4.78 is 0. The summed E-state index contributed by atoms with van der Waals surface area (Å²) in [6, 6.07) is 19.1. The molecule has 0 aromatic heterocycles. The van der Waals surface area contributed by atoms with E-state index in [1.165, 1.54) is 10.9 Å². The average molecular weight is 504 g/mol. The number of aryl methyl sites for hydroxylation is 1. The van der Waals surface area contributed by atoms with E-state index < -0.39 is 17.9 Å². The number of carbonyl (C=O) groups is 3. The highest BCUT2D eigenvalue weighted by atomic mass is 16.4. The van der Waals surface area contributed by atoms with Crippen LogP contribution in [0.1, 0.15) is 42.9 Å². The highest BCUT2D eigenvalue weighted by Crippen LogP contribution is 2.31. The topological polar surface area (TPSA) is 160 Å². The second-order valence-corrected chi connectivity index (χ2v) is 8.86. The third kappa shape index (κ3) is 8.06. The first-order valence-electron chi connectivity index (χ1n) is 12.2. The maximum absolute atomic E-state index is 12.5. The van der Waals surface area contributed by atoms with Crippen molar-refractivity contribution >= 4 is 34.5 Å². The molecule has 1 unspecified atom stereocenters. The molecule has 3 rings (SSSR count). The van der Waals surface area contributed by atoms with Crippen molar-refractivity contribution in [3.63, 3.8) is 0 Å². The zero-order valence-electron chi connectivity index (χ0n) is 20.9. The summed E-state index contributed by atoms with van der Waals surface area (Å²) in [6.07, 6.45) is 1.18. The number of unbranched alkanes of at least 4 members (excludes halogenated alkanes) is 1. The van der Waals surface area contributed by atoms with E-state index in [2.05, 4.69) is 46.8 Å².